The highest BCUT2D eigenvalue weighted by Gasteiger charge is 2.72. The Morgan fingerprint density at radius 3 is 2.51 bits per heavy atom. The SMILES string of the molecule is COc1cccc(NC(=O)[C@@H]2[C@H]3C=C[C@@]4(O3)[C@H]2C(=O)N(CCCN2CCC(Cc3ccccc3)CC2)[C@@H]4C(=O)NC2CCCCC2)c1. The number of ether oxygens (including phenoxy) is 2. The summed E-state index contributed by atoms with van der Waals surface area (Å²) < 4.78 is 11.9. The molecule has 4 aliphatic heterocycles. The molecule has 47 heavy (non-hydrogen) atoms. The average molecular weight is 641 g/mol. The summed E-state index contributed by atoms with van der Waals surface area (Å²) in [4.78, 5) is 46.5. The highest BCUT2D eigenvalue weighted by molar-refractivity contribution is 6.02. The van der Waals surface area contributed by atoms with Gasteiger partial charge in [0, 0.05) is 24.3 Å². The molecule has 5 atom stereocenters. The Morgan fingerprint density at radius 2 is 1.74 bits per heavy atom. The van der Waals surface area contributed by atoms with E-state index in [1.165, 1.54) is 24.8 Å². The minimum atomic E-state index is -1.15. The summed E-state index contributed by atoms with van der Waals surface area (Å²) >= 11 is 0. The second-order valence-corrected chi connectivity index (χ2v) is 14.1. The van der Waals surface area contributed by atoms with Crippen molar-refractivity contribution >= 4 is 23.4 Å². The number of methoxy groups -OCH3 is 1. The van der Waals surface area contributed by atoms with Gasteiger partial charge in [-0.3, -0.25) is 14.4 Å². The first-order valence-corrected chi connectivity index (χ1v) is 17.6. The van der Waals surface area contributed by atoms with E-state index in [1.54, 1.807) is 24.1 Å². The normalized spacial score (nSPS) is 29.2. The Morgan fingerprint density at radius 1 is 0.957 bits per heavy atom. The van der Waals surface area contributed by atoms with Gasteiger partial charge in [0.05, 0.1) is 25.0 Å². The molecule has 2 aromatic rings. The third-order valence-electron chi connectivity index (χ3n) is 11.2. The maximum atomic E-state index is 14.4. The largest absolute Gasteiger partial charge is 0.497 e. The van der Waals surface area contributed by atoms with E-state index in [2.05, 4.69) is 45.9 Å². The summed E-state index contributed by atoms with van der Waals surface area (Å²) in [7, 11) is 1.58. The van der Waals surface area contributed by atoms with Gasteiger partial charge < -0.3 is 29.9 Å². The van der Waals surface area contributed by atoms with E-state index in [4.69, 9.17) is 9.47 Å². The number of hydrogen-bond acceptors (Lipinski definition) is 6. The second kappa shape index (κ2) is 13.8. The van der Waals surface area contributed by atoms with Crippen molar-refractivity contribution in [2.75, 3.05) is 38.6 Å². The van der Waals surface area contributed by atoms with Crippen molar-refractivity contribution in [1.29, 1.82) is 0 Å². The molecule has 7 rings (SSSR count). The Bertz CT molecular complexity index is 1470. The molecule has 1 aliphatic carbocycles. The van der Waals surface area contributed by atoms with Crippen LogP contribution in [0.15, 0.2) is 66.7 Å². The van der Waals surface area contributed by atoms with Crippen LogP contribution in [0.2, 0.25) is 0 Å². The summed E-state index contributed by atoms with van der Waals surface area (Å²) in [6.45, 7) is 3.42. The van der Waals surface area contributed by atoms with Crippen LogP contribution in [0.1, 0.15) is 56.9 Å². The molecule has 1 spiro atoms. The summed E-state index contributed by atoms with van der Waals surface area (Å²) in [5.74, 6) is -0.747. The van der Waals surface area contributed by atoms with Crippen molar-refractivity contribution in [1.82, 2.24) is 15.1 Å². The number of nitrogens with zero attached hydrogens (tertiary/aromatic N) is 2. The number of benzene rings is 2. The van der Waals surface area contributed by atoms with Crippen LogP contribution in [-0.4, -0.2) is 84.6 Å². The summed E-state index contributed by atoms with van der Waals surface area (Å²) in [5.41, 5.74) is 0.852. The Balaban J connectivity index is 1.04. The average Bonchev–Trinajstić information content (AvgIpc) is 3.74. The third kappa shape index (κ3) is 6.44. The lowest BCUT2D eigenvalue weighted by Crippen LogP contribution is -2.56. The topological polar surface area (TPSA) is 100 Å². The lowest BCUT2D eigenvalue weighted by atomic mass is 9.74. The van der Waals surface area contributed by atoms with E-state index >= 15 is 0 Å². The molecule has 9 heteroatoms. The number of fused-ring (bicyclic) bond motifs is 1. The van der Waals surface area contributed by atoms with Gasteiger partial charge in [0.15, 0.2) is 0 Å². The van der Waals surface area contributed by atoms with Crippen LogP contribution in [0.5, 0.6) is 5.75 Å². The van der Waals surface area contributed by atoms with Crippen molar-refractivity contribution in [2.24, 2.45) is 17.8 Å². The number of nitrogens with one attached hydrogen (secondary N) is 2. The molecule has 3 amide bonds. The molecule has 4 fully saturated rings. The number of amides is 3. The van der Waals surface area contributed by atoms with Crippen LogP contribution in [0.25, 0.3) is 0 Å². The van der Waals surface area contributed by atoms with E-state index in [-0.39, 0.29) is 23.8 Å². The summed E-state index contributed by atoms with van der Waals surface area (Å²) in [6, 6.07) is 17.2. The van der Waals surface area contributed by atoms with Gasteiger partial charge in [-0.25, -0.2) is 0 Å². The van der Waals surface area contributed by atoms with Gasteiger partial charge in [-0.2, -0.15) is 0 Å². The monoisotopic (exact) mass is 640 g/mol. The van der Waals surface area contributed by atoms with Crippen LogP contribution in [0, 0.1) is 17.8 Å². The summed E-state index contributed by atoms with van der Waals surface area (Å²) in [5, 5.41) is 6.28. The molecule has 250 valence electrons. The maximum Gasteiger partial charge on any atom is 0.246 e. The standard InChI is InChI=1S/C38H48N4O5/c1-46-30-15-8-14-29(25-30)40-35(43)32-31-16-19-38(47-31)33(32)37(45)42(34(38)36(44)39-28-12-6-3-7-13-28)21-9-20-41-22-17-27(18-23-41)24-26-10-4-2-5-11-26/h2,4-5,8,10-11,14-16,19,25,27-28,31-34H,3,6-7,9,12-13,17-18,20-24H2,1H3,(H,39,44)(H,40,43)/t31-,32-,33-,34-,38-/m1/s1. The van der Waals surface area contributed by atoms with Crippen molar-refractivity contribution < 1.29 is 23.9 Å². The predicted octanol–water partition coefficient (Wildman–Crippen LogP) is 4.58. The highest BCUT2D eigenvalue weighted by Crippen LogP contribution is 2.55. The number of piperidine rings is 1. The first-order valence-electron chi connectivity index (χ1n) is 17.6. The maximum absolute atomic E-state index is 14.4. The van der Waals surface area contributed by atoms with Gasteiger partial charge >= 0.3 is 0 Å². The summed E-state index contributed by atoms with van der Waals surface area (Å²) in [6.07, 6.45) is 12.7. The van der Waals surface area contributed by atoms with Gasteiger partial charge in [0.25, 0.3) is 0 Å². The van der Waals surface area contributed by atoms with Crippen LogP contribution in [0.4, 0.5) is 5.69 Å². The van der Waals surface area contributed by atoms with Gasteiger partial charge in [-0.15, -0.1) is 0 Å². The van der Waals surface area contributed by atoms with E-state index in [9.17, 15) is 14.4 Å². The molecule has 2 N–H and O–H groups in total. The molecular weight excluding hydrogens is 592 g/mol. The number of carbonyl (C=O) groups is 3. The zero-order valence-corrected chi connectivity index (χ0v) is 27.4. The number of hydrogen-bond donors (Lipinski definition) is 2. The third-order valence-corrected chi connectivity index (χ3v) is 11.2. The Kier molecular flexibility index (Phi) is 9.37. The molecule has 0 radical (unpaired) electrons. The first-order chi connectivity index (χ1) is 22.9. The van der Waals surface area contributed by atoms with E-state index in [0.717, 1.165) is 58.2 Å². The minimum Gasteiger partial charge on any atom is -0.497 e. The number of likely N-dealkylation sites (tertiary alicyclic amines) is 2. The van der Waals surface area contributed by atoms with Gasteiger partial charge in [0.1, 0.15) is 17.4 Å². The van der Waals surface area contributed by atoms with E-state index < -0.39 is 29.6 Å². The highest BCUT2D eigenvalue weighted by atomic mass is 16.5. The van der Waals surface area contributed by atoms with Gasteiger partial charge in [-0.1, -0.05) is 67.8 Å². The van der Waals surface area contributed by atoms with Gasteiger partial charge in [0.2, 0.25) is 17.7 Å². The molecule has 9 nitrogen and oxygen atoms in total. The number of carbonyl (C=O) groups excluding carboxylic acids is 3. The fraction of sp³-hybridized carbons (Fsp3) is 0.553. The van der Waals surface area contributed by atoms with E-state index in [1.807, 2.05) is 24.3 Å². The molecule has 4 heterocycles. The zero-order valence-electron chi connectivity index (χ0n) is 27.4. The molecule has 5 aliphatic rings. The van der Waals surface area contributed by atoms with E-state index in [0.29, 0.717) is 23.9 Å². The van der Waals surface area contributed by atoms with Crippen LogP contribution in [0.3, 0.4) is 0 Å². The zero-order chi connectivity index (χ0) is 32.4. The molecule has 0 unspecified atom stereocenters. The molecule has 1 saturated carbocycles. The lowest BCUT2D eigenvalue weighted by Gasteiger charge is -2.35. The predicted molar refractivity (Wildman–Crippen MR) is 180 cm³/mol. The molecule has 0 aromatic heterocycles. The van der Waals surface area contributed by atoms with Gasteiger partial charge in [-0.05, 0) is 81.8 Å². The molecule has 2 aromatic carbocycles. The van der Waals surface area contributed by atoms with Crippen molar-refractivity contribution in [3.63, 3.8) is 0 Å². The first kappa shape index (κ1) is 31.9. The fourth-order valence-corrected chi connectivity index (χ4v) is 8.79. The van der Waals surface area contributed by atoms with Crippen LogP contribution >= 0.6 is 0 Å². The molecule has 2 bridgehead atoms. The molecule has 3 saturated heterocycles. The van der Waals surface area contributed by atoms with Crippen LogP contribution < -0.4 is 15.4 Å². The van der Waals surface area contributed by atoms with Crippen molar-refractivity contribution in [3.05, 3.63) is 72.3 Å². The number of anilines is 1. The van der Waals surface area contributed by atoms with Crippen LogP contribution in [-0.2, 0) is 25.5 Å². The minimum absolute atomic E-state index is 0.107. The lowest BCUT2D eigenvalue weighted by molar-refractivity contribution is -0.141. The fourth-order valence-electron chi connectivity index (χ4n) is 8.79. The Labute approximate surface area is 278 Å². The quantitative estimate of drug-likeness (QED) is 0.349. The second-order valence-electron chi connectivity index (χ2n) is 14.1. The van der Waals surface area contributed by atoms with Crippen molar-refractivity contribution in [3.8, 4) is 5.75 Å². The molecular formula is C38H48N4O5. The smallest absolute Gasteiger partial charge is 0.246 e. The number of rotatable bonds is 11. The Hall–Kier alpha value is -3.69. The van der Waals surface area contributed by atoms with Crippen molar-refractivity contribution in [2.45, 2.75) is 81.6 Å².